The quantitative estimate of drug-likeness (QED) is 0.779. The molecule has 2 N–H and O–H groups in total. The molecule has 1 aliphatic carbocycles. The van der Waals surface area contributed by atoms with Gasteiger partial charge in [-0.25, -0.2) is 0 Å². The number of hydrogen-bond acceptors (Lipinski definition) is 1. The number of rotatable bonds is 2. The molecule has 1 heterocycles. The van der Waals surface area contributed by atoms with Gasteiger partial charge in [0.1, 0.15) is 5.69 Å². The van der Waals surface area contributed by atoms with Crippen LogP contribution in [0.3, 0.4) is 0 Å². The van der Waals surface area contributed by atoms with Crippen molar-refractivity contribution in [3.05, 3.63) is 33.9 Å². The van der Waals surface area contributed by atoms with Gasteiger partial charge in [-0.3, -0.25) is 4.79 Å². The Kier molecular flexibility index (Phi) is 4.13. The summed E-state index contributed by atoms with van der Waals surface area (Å²) in [5, 5.41) is 5.05. The summed E-state index contributed by atoms with van der Waals surface area (Å²) in [7, 11) is 0. The van der Waals surface area contributed by atoms with Gasteiger partial charge < -0.3 is 10.3 Å². The molecule has 3 nitrogen and oxygen atoms in total. The summed E-state index contributed by atoms with van der Waals surface area (Å²) in [6, 6.07) is 5.51. The number of aromatic nitrogens is 1. The second kappa shape index (κ2) is 5.78. The summed E-state index contributed by atoms with van der Waals surface area (Å²) in [5.74, 6) is -0.0758. The van der Waals surface area contributed by atoms with Gasteiger partial charge in [0.25, 0.3) is 5.91 Å². The lowest BCUT2D eigenvalue weighted by Gasteiger charge is -2.34. The molecule has 1 aromatic heterocycles. The summed E-state index contributed by atoms with van der Waals surface area (Å²) in [4.78, 5) is 15.5. The lowest BCUT2D eigenvalue weighted by Crippen LogP contribution is -2.39. The number of halogens is 2. The van der Waals surface area contributed by atoms with Crippen molar-refractivity contribution in [3.63, 3.8) is 0 Å². The van der Waals surface area contributed by atoms with E-state index < -0.39 is 0 Å². The minimum atomic E-state index is -0.0758. The Morgan fingerprint density at radius 2 is 1.91 bits per heavy atom. The summed E-state index contributed by atoms with van der Waals surface area (Å²) in [6.45, 7) is 4.57. The molecule has 22 heavy (non-hydrogen) atoms. The van der Waals surface area contributed by atoms with Gasteiger partial charge in [0.05, 0.1) is 5.02 Å². The Morgan fingerprint density at radius 1 is 1.23 bits per heavy atom. The lowest BCUT2D eigenvalue weighted by atomic mass is 9.75. The molecule has 1 fully saturated rings. The van der Waals surface area contributed by atoms with Crippen LogP contribution in [-0.4, -0.2) is 16.9 Å². The van der Waals surface area contributed by atoms with Gasteiger partial charge in [-0.2, -0.15) is 0 Å². The van der Waals surface area contributed by atoms with E-state index in [2.05, 4.69) is 24.1 Å². The van der Waals surface area contributed by atoms with Gasteiger partial charge in [0.2, 0.25) is 0 Å². The summed E-state index contributed by atoms with van der Waals surface area (Å²) in [6.07, 6.45) is 4.36. The highest BCUT2D eigenvalue weighted by atomic mass is 35.5. The van der Waals surface area contributed by atoms with E-state index in [1.54, 1.807) is 18.2 Å². The third-order valence-corrected chi connectivity index (χ3v) is 5.10. The normalized spacial score (nSPS) is 18.5. The van der Waals surface area contributed by atoms with Crippen molar-refractivity contribution in [1.82, 2.24) is 10.3 Å². The van der Waals surface area contributed by atoms with Gasteiger partial charge in [-0.15, -0.1) is 0 Å². The average Bonchev–Trinajstić information content (AvgIpc) is 2.85. The average molecular weight is 339 g/mol. The summed E-state index contributed by atoms with van der Waals surface area (Å²) < 4.78 is 0. The molecule has 3 rings (SSSR count). The summed E-state index contributed by atoms with van der Waals surface area (Å²) in [5.41, 5.74) is 1.71. The van der Waals surface area contributed by atoms with E-state index in [1.165, 1.54) is 0 Å². The fourth-order valence-electron chi connectivity index (χ4n) is 3.09. The molecule has 2 aromatic rings. The number of carbonyl (C=O) groups is 1. The van der Waals surface area contributed by atoms with Crippen LogP contribution in [0.15, 0.2) is 18.2 Å². The summed E-state index contributed by atoms with van der Waals surface area (Å²) >= 11 is 12.2. The van der Waals surface area contributed by atoms with Crippen LogP contribution in [-0.2, 0) is 0 Å². The van der Waals surface area contributed by atoms with Crippen LogP contribution in [0.4, 0.5) is 0 Å². The number of nitrogens with one attached hydrogen (secondary N) is 2. The first-order valence-electron chi connectivity index (χ1n) is 7.63. The van der Waals surface area contributed by atoms with E-state index in [4.69, 9.17) is 23.2 Å². The Labute approximate surface area is 140 Å². The second-order valence-corrected chi connectivity index (χ2v) is 7.79. The zero-order valence-corrected chi connectivity index (χ0v) is 14.3. The second-order valence-electron chi connectivity index (χ2n) is 6.94. The first-order chi connectivity index (χ1) is 10.3. The zero-order chi connectivity index (χ0) is 15.9. The number of fused-ring (bicyclic) bond motifs is 1. The van der Waals surface area contributed by atoms with E-state index in [0.717, 1.165) is 36.6 Å². The first-order valence-corrected chi connectivity index (χ1v) is 8.38. The smallest absolute Gasteiger partial charge is 0.267 e. The molecule has 118 valence electrons. The van der Waals surface area contributed by atoms with Gasteiger partial charge in [0.15, 0.2) is 0 Å². The highest BCUT2D eigenvalue weighted by Gasteiger charge is 2.28. The molecule has 1 amide bonds. The maximum absolute atomic E-state index is 12.4. The standard InChI is InChI=1S/C17H20Cl2N2O/c1-17(2)5-3-11(4-6-17)20-16(22)15-9-12-13(19)7-10(18)8-14(12)21-15/h7-9,11,21H,3-6H2,1-2H3,(H,20,22). The topological polar surface area (TPSA) is 44.9 Å². The molecule has 0 radical (unpaired) electrons. The Hall–Kier alpha value is -1.19. The fourth-order valence-corrected chi connectivity index (χ4v) is 3.64. The van der Waals surface area contributed by atoms with Crippen LogP contribution in [0, 0.1) is 5.41 Å². The number of benzene rings is 1. The van der Waals surface area contributed by atoms with E-state index in [0.29, 0.717) is 21.2 Å². The molecule has 5 heteroatoms. The van der Waals surface area contributed by atoms with Crippen LogP contribution < -0.4 is 5.32 Å². The highest BCUT2D eigenvalue weighted by Crippen LogP contribution is 2.35. The Bertz CT molecular complexity index is 711. The largest absolute Gasteiger partial charge is 0.350 e. The molecule has 0 saturated heterocycles. The van der Waals surface area contributed by atoms with E-state index in [-0.39, 0.29) is 11.9 Å². The van der Waals surface area contributed by atoms with Crippen LogP contribution in [0.25, 0.3) is 10.9 Å². The van der Waals surface area contributed by atoms with Crippen LogP contribution >= 0.6 is 23.2 Å². The van der Waals surface area contributed by atoms with Crippen LogP contribution in [0.2, 0.25) is 10.0 Å². The van der Waals surface area contributed by atoms with Crippen molar-refractivity contribution in [2.45, 2.75) is 45.6 Å². The van der Waals surface area contributed by atoms with Gasteiger partial charge in [-0.1, -0.05) is 37.0 Å². The Morgan fingerprint density at radius 3 is 2.59 bits per heavy atom. The number of hydrogen-bond donors (Lipinski definition) is 2. The minimum Gasteiger partial charge on any atom is -0.350 e. The molecule has 1 aliphatic rings. The predicted molar refractivity (Wildman–Crippen MR) is 91.8 cm³/mol. The van der Waals surface area contributed by atoms with Crippen LogP contribution in [0.5, 0.6) is 0 Å². The van der Waals surface area contributed by atoms with Gasteiger partial charge in [-0.05, 0) is 49.3 Å². The lowest BCUT2D eigenvalue weighted by molar-refractivity contribution is 0.0905. The van der Waals surface area contributed by atoms with Crippen molar-refractivity contribution in [2.24, 2.45) is 5.41 Å². The molecule has 0 aliphatic heterocycles. The van der Waals surface area contributed by atoms with Crippen molar-refractivity contribution in [3.8, 4) is 0 Å². The molecule has 0 spiro atoms. The number of carbonyl (C=O) groups excluding carboxylic acids is 1. The van der Waals surface area contributed by atoms with Crippen molar-refractivity contribution < 1.29 is 4.79 Å². The van der Waals surface area contributed by atoms with E-state index in [9.17, 15) is 4.79 Å². The number of aromatic amines is 1. The predicted octanol–water partition coefficient (Wildman–Crippen LogP) is 5.17. The van der Waals surface area contributed by atoms with Crippen molar-refractivity contribution in [2.75, 3.05) is 0 Å². The number of H-pyrrole nitrogens is 1. The third kappa shape index (κ3) is 3.26. The molecule has 0 bridgehead atoms. The SMILES string of the molecule is CC1(C)CCC(NC(=O)c2cc3c(Cl)cc(Cl)cc3[nH]2)CC1. The monoisotopic (exact) mass is 338 g/mol. The van der Waals surface area contributed by atoms with E-state index >= 15 is 0 Å². The fraction of sp³-hybridized carbons (Fsp3) is 0.471. The van der Waals surface area contributed by atoms with Crippen molar-refractivity contribution in [1.29, 1.82) is 0 Å². The minimum absolute atomic E-state index is 0.0758. The first kappa shape index (κ1) is 15.7. The van der Waals surface area contributed by atoms with Gasteiger partial charge in [0, 0.05) is 22.0 Å². The maximum Gasteiger partial charge on any atom is 0.267 e. The molecule has 0 atom stereocenters. The molecular formula is C17H20Cl2N2O. The third-order valence-electron chi connectivity index (χ3n) is 4.57. The highest BCUT2D eigenvalue weighted by molar-refractivity contribution is 6.38. The van der Waals surface area contributed by atoms with Crippen LogP contribution in [0.1, 0.15) is 50.0 Å². The van der Waals surface area contributed by atoms with Gasteiger partial charge >= 0.3 is 0 Å². The van der Waals surface area contributed by atoms with E-state index in [1.807, 2.05) is 0 Å². The number of amides is 1. The Balaban J connectivity index is 1.74. The van der Waals surface area contributed by atoms with Crippen molar-refractivity contribution >= 4 is 40.0 Å². The molecule has 1 aromatic carbocycles. The molecule has 1 saturated carbocycles. The molecule has 0 unspecified atom stereocenters. The molecular weight excluding hydrogens is 319 g/mol. The maximum atomic E-state index is 12.4. The zero-order valence-electron chi connectivity index (χ0n) is 12.8.